The van der Waals surface area contributed by atoms with Crippen LogP contribution >= 0.6 is 0 Å². The van der Waals surface area contributed by atoms with E-state index in [0.717, 1.165) is 0 Å². The lowest BCUT2D eigenvalue weighted by atomic mass is 10.1. The molecule has 0 aliphatic heterocycles. The van der Waals surface area contributed by atoms with Gasteiger partial charge in [-0.05, 0) is 33.1 Å². The molecule has 0 heterocycles. The van der Waals surface area contributed by atoms with Gasteiger partial charge in [0.05, 0.1) is 0 Å². The number of ether oxygens (including phenoxy) is 1. The molecular weight excluding hydrogens is 182 g/mol. The van der Waals surface area contributed by atoms with E-state index in [4.69, 9.17) is 9.84 Å². The summed E-state index contributed by atoms with van der Waals surface area (Å²) in [5.74, 6) is 0.271. The number of rotatable bonds is 4. The molecule has 0 aliphatic carbocycles. The van der Waals surface area contributed by atoms with Gasteiger partial charge in [-0.25, -0.2) is 4.79 Å². The van der Waals surface area contributed by atoms with Crippen molar-refractivity contribution in [3.63, 3.8) is 0 Å². The Balaban J connectivity index is 3.64. The van der Waals surface area contributed by atoms with Crippen LogP contribution in [0.5, 0.6) is 0 Å². The molecular formula is C10H21NO3. The van der Waals surface area contributed by atoms with E-state index in [2.05, 4.69) is 5.32 Å². The summed E-state index contributed by atoms with van der Waals surface area (Å²) in [6.07, 6.45) is 0.290. The second-order valence-corrected chi connectivity index (χ2v) is 4.50. The van der Waals surface area contributed by atoms with Gasteiger partial charge in [-0.3, -0.25) is 0 Å². The molecule has 1 amide bonds. The van der Waals surface area contributed by atoms with E-state index in [9.17, 15) is 4.79 Å². The van der Waals surface area contributed by atoms with E-state index >= 15 is 0 Å². The fourth-order valence-electron chi connectivity index (χ4n) is 0.894. The predicted octanol–water partition coefficient (Wildman–Crippen LogP) is 1.53. The first-order valence-corrected chi connectivity index (χ1v) is 4.93. The van der Waals surface area contributed by atoms with E-state index in [0.29, 0.717) is 13.0 Å². The average molecular weight is 203 g/mol. The van der Waals surface area contributed by atoms with Crippen molar-refractivity contribution in [1.29, 1.82) is 0 Å². The lowest BCUT2D eigenvalue weighted by Gasteiger charge is -2.20. The molecule has 14 heavy (non-hydrogen) atoms. The summed E-state index contributed by atoms with van der Waals surface area (Å²) in [5.41, 5.74) is -0.454. The highest BCUT2D eigenvalue weighted by Gasteiger charge is 2.16. The summed E-state index contributed by atoms with van der Waals surface area (Å²) >= 11 is 0. The Morgan fingerprint density at radius 2 is 2.07 bits per heavy atom. The molecule has 0 aromatic heterocycles. The molecule has 0 fully saturated rings. The third-order valence-electron chi connectivity index (χ3n) is 1.62. The van der Waals surface area contributed by atoms with Gasteiger partial charge in [0.15, 0.2) is 0 Å². The number of amides is 1. The fraction of sp³-hybridized carbons (Fsp3) is 0.900. The molecule has 0 saturated heterocycles. The average Bonchev–Trinajstić information content (AvgIpc) is 1.98. The van der Waals surface area contributed by atoms with Crippen LogP contribution in [0.1, 0.15) is 34.1 Å². The summed E-state index contributed by atoms with van der Waals surface area (Å²) in [6, 6.07) is 0. The topological polar surface area (TPSA) is 58.6 Å². The van der Waals surface area contributed by atoms with E-state index in [1.165, 1.54) is 0 Å². The smallest absolute Gasteiger partial charge is 0.407 e. The third-order valence-corrected chi connectivity index (χ3v) is 1.62. The van der Waals surface area contributed by atoms with Crippen LogP contribution < -0.4 is 5.32 Å². The molecule has 0 unspecified atom stereocenters. The van der Waals surface area contributed by atoms with Crippen LogP contribution in [0.25, 0.3) is 0 Å². The van der Waals surface area contributed by atoms with Crippen molar-refractivity contribution < 1.29 is 14.6 Å². The molecule has 0 saturated carbocycles. The molecule has 84 valence electrons. The fourth-order valence-corrected chi connectivity index (χ4v) is 0.894. The van der Waals surface area contributed by atoms with E-state index in [1.54, 1.807) is 0 Å². The van der Waals surface area contributed by atoms with Crippen LogP contribution in [0.3, 0.4) is 0 Å². The highest BCUT2D eigenvalue weighted by atomic mass is 16.6. The van der Waals surface area contributed by atoms with Gasteiger partial charge in [-0.2, -0.15) is 0 Å². The van der Waals surface area contributed by atoms with Crippen molar-refractivity contribution in [1.82, 2.24) is 5.32 Å². The molecule has 0 aromatic carbocycles. The quantitative estimate of drug-likeness (QED) is 0.728. The van der Waals surface area contributed by atoms with Crippen LogP contribution in [0.15, 0.2) is 0 Å². The standard InChI is InChI=1S/C10H21NO3/c1-8(5-6-12)7-11-9(13)14-10(2,3)4/h8,12H,5-7H2,1-4H3,(H,11,13)/t8-/m1/s1. The maximum Gasteiger partial charge on any atom is 0.407 e. The number of hydrogen-bond donors (Lipinski definition) is 2. The molecule has 2 N–H and O–H groups in total. The molecule has 0 rings (SSSR count). The second-order valence-electron chi connectivity index (χ2n) is 4.50. The minimum absolute atomic E-state index is 0.150. The van der Waals surface area contributed by atoms with Crippen molar-refractivity contribution >= 4 is 6.09 Å². The largest absolute Gasteiger partial charge is 0.444 e. The zero-order chi connectivity index (χ0) is 11.2. The monoisotopic (exact) mass is 203 g/mol. The number of hydrogen-bond acceptors (Lipinski definition) is 3. The second kappa shape index (κ2) is 5.86. The van der Waals surface area contributed by atoms with Gasteiger partial charge in [-0.15, -0.1) is 0 Å². The number of aliphatic hydroxyl groups is 1. The van der Waals surface area contributed by atoms with Crippen LogP contribution in [-0.2, 0) is 4.74 Å². The first-order chi connectivity index (χ1) is 6.35. The molecule has 4 nitrogen and oxygen atoms in total. The lowest BCUT2D eigenvalue weighted by molar-refractivity contribution is 0.0518. The number of carbonyl (C=O) groups excluding carboxylic acids is 1. The molecule has 1 atom stereocenters. The number of carbonyl (C=O) groups is 1. The van der Waals surface area contributed by atoms with Crippen LogP contribution in [0.4, 0.5) is 4.79 Å². The first-order valence-electron chi connectivity index (χ1n) is 4.93. The number of alkyl carbamates (subject to hydrolysis) is 1. The first kappa shape index (κ1) is 13.2. The van der Waals surface area contributed by atoms with Crippen LogP contribution in [0.2, 0.25) is 0 Å². The Morgan fingerprint density at radius 1 is 1.50 bits per heavy atom. The third kappa shape index (κ3) is 7.86. The van der Waals surface area contributed by atoms with Crippen molar-refractivity contribution in [2.45, 2.75) is 39.7 Å². The van der Waals surface area contributed by atoms with Crippen LogP contribution in [-0.4, -0.2) is 30.0 Å². The van der Waals surface area contributed by atoms with Gasteiger partial charge in [0, 0.05) is 13.2 Å². The zero-order valence-electron chi connectivity index (χ0n) is 9.46. The van der Waals surface area contributed by atoms with Crippen molar-refractivity contribution in [2.24, 2.45) is 5.92 Å². The molecule has 0 aliphatic rings. The zero-order valence-corrected chi connectivity index (χ0v) is 9.46. The Morgan fingerprint density at radius 3 is 2.50 bits per heavy atom. The minimum atomic E-state index is -0.454. The summed E-state index contributed by atoms with van der Waals surface area (Å²) in [6.45, 7) is 8.12. The molecule has 0 spiro atoms. The normalized spacial score (nSPS) is 13.5. The van der Waals surface area contributed by atoms with Gasteiger partial charge in [0.2, 0.25) is 0 Å². The Kier molecular flexibility index (Phi) is 5.53. The number of nitrogens with one attached hydrogen (secondary N) is 1. The van der Waals surface area contributed by atoms with Gasteiger partial charge >= 0.3 is 6.09 Å². The van der Waals surface area contributed by atoms with Crippen molar-refractivity contribution in [3.8, 4) is 0 Å². The van der Waals surface area contributed by atoms with Crippen molar-refractivity contribution in [3.05, 3.63) is 0 Å². The van der Waals surface area contributed by atoms with Gasteiger partial charge in [0.25, 0.3) is 0 Å². The summed E-state index contributed by atoms with van der Waals surface area (Å²) in [7, 11) is 0. The van der Waals surface area contributed by atoms with E-state index < -0.39 is 11.7 Å². The molecule has 0 radical (unpaired) electrons. The number of aliphatic hydroxyl groups excluding tert-OH is 1. The van der Waals surface area contributed by atoms with E-state index in [-0.39, 0.29) is 12.5 Å². The Hall–Kier alpha value is -0.770. The molecule has 0 aromatic rings. The van der Waals surface area contributed by atoms with Gasteiger partial charge in [0.1, 0.15) is 5.60 Å². The van der Waals surface area contributed by atoms with Crippen LogP contribution in [0, 0.1) is 5.92 Å². The Bertz CT molecular complexity index is 175. The SMILES string of the molecule is C[C@H](CCO)CNC(=O)OC(C)(C)C. The highest BCUT2D eigenvalue weighted by Crippen LogP contribution is 2.06. The van der Waals surface area contributed by atoms with E-state index in [1.807, 2.05) is 27.7 Å². The minimum Gasteiger partial charge on any atom is -0.444 e. The Labute approximate surface area is 85.6 Å². The molecule has 0 bridgehead atoms. The molecule has 4 heteroatoms. The maximum atomic E-state index is 11.2. The van der Waals surface area contributed by atoms with Gasteiger partial charge < -0.3 is 15.2 Å². The summed E-state index contributed by atoms with van der Waals surface area (Å²) in [5, 5.41) is 11.3. The highest BCUT2D eigenvalue weighted by molar-refractivity contribution is 5.67. The summed E-state index contributed by atoms with van der Waals surface area (Å²) < 4.78 is 5.05. The maximum absolute atomic E-state index is 11.2. The summed E-state index contributed by atoms with van der Waals surface area (Å²) in [4.78, 5) is 11.2. The van der Waals surface area contributed by atoms with Crippen molar-refractivity contribution in [2.75, 3.05) is 13.2 Å². The lowest BCUT2D eigenvalue weighted by Crippen LogP contribution is -2.34. The predicted molar refractivity (Wildman–Crippen MR) is 55.1 cm³/mol. The van der Waals surface area contributed by atoms with Gasteiger partial charge in [-0.1, -0.05) is 6.92 Å².